The summed E-state index contributed by atoms with van der Waals surface area (Å²) in [4.78, 5) is 39.8. The van der Waals surface area contributed by atoms with Gasteiger partial charge in [0, 0.05) is 19.2 Å². The molecule has 0 bridgehead atoms. The molecule has 1 heterocycles. The molecule has 28 heavy (non-hydrogen) atoms. The van der Waals surface area contributed by atoms with Crippen molar-refractivity contribution in [1.29, 1.82) is 0 Å². The fraction of sp³-hybridized carbons (Fsp3) is 0.0556. The maximum Gasteiger partial charge on any atom is 0.339 e. The van der Waals surface area contributed by atoms with Gasteiger partial charge < -0.3 is 10.2 Å². The first-order valence-electron chi connectivity index (χ1n) is 7.84. The molecule has 1 aliphatic heterocycles. The van der Waals surface area contributed by atoms with Crippen LogP contribution in [0.4, 0.5) is 11.4 Å². The number of thioether (sulfide) groups is 1. The van der Waals surface area contributed by atoms with Crippen molar-refractivity contribution in [2.45, 2.75) is 0 Å². The van der Waals surface area contributed by atoms with E-state index in [0.717, 1.165) is 11.8 Å². The van der Waals surface area contributed by atoms with Crippen LogP contribution in [0, 0.1) is 10.1 Å². The standard InChI is InChI=1S/C18H13N3O6S/c1-20-16(23)15(8-10-4-2-3-5-13(10)21(26)27)28-18(20)19-11-6-7-12(17(24)25)14(22)9-11/h2-9,22H,1H3,(H,24,25)/b15-8-,19-18?. The van der Waals surface area contributed by atoms with Crippen LogP contribution in [0.1, 0.15) is 15.9 Å². The number of nitro benzene ring substituents is 1. The highest BCUT2D eigenvalue weighted by molar-refractivity contribution is 8.18. The van der Waals surface area contributed by atoms with Gasteiger partial charge in [-0.25, -0.2) is 9.79 Å². The summed E-state index contributed by atoms with van der Waals surface area (Å²) in [6.45, 7) is 0. The molecular weight excluding hydrogens is 386 g/mol. The lowest BCUT2D eigenvalue weighted by atomic mass is 10.1. The predicted octanol–water partition coefficient (Wildman–Crippen LogP) is 3.23. The van der Waals surface area contributed by atoms with E-state index in [1.165, 1.54) is 54.4 Å². The zero-order valence-corrected chi connectivity index (χ0v) is 15.2. The Labute approximate surface area is 162 Å². The van der Waals surface area contributed by atoms with Gasteiger partial charge in [-0.05, 0) is 36.0 Å². The van der Waals surface area contributed by atoms with Gasteiger partial charge in [0.1, 0.15) is 11.3 Å². The zero-order valence-electron chi connectivity index (χ0n) is 14.4. The lowest BCUT2D eigenvalue weighted by molar-refractivity contribution is -0.385. The highest BCUT2D eigenvalue weighted by Crippen LogP contribution is 2.35. The number of phenols is 1. The molecule has 0 aromatic heterocycles. The lowest BCUT2D eigenvalue weighted by Gasteiger charge is -2.07. The van der Waals surface area contributed by atoms with Crippen molar-refractivity contribution in [3.63, 3.8) is 0 Å². The smallest absolute Gasteiger partial charge is 0.339 e. The number of benzene rings is 2. The van der Waals surface area contributed by atoms with Crippen molar-refractivity contribution in [3.8, 4) is 5.75 Å². The van der Waals surface area contributed by atoms with Gasteiger partial charge in [-0.15, -0.1) is 0 Å². The van der Waals surface area contributed by atoms with Crippen LogP contribution < -0.4 is 0 Å². The van der Waals surface area contributed by atoms with E-state index < -0.39 is 16.6 Å². The summed E-state index contributed by atoms with van der Waals surface area (Å²) >= 11 is 1.02. The van der Waals surface area contributed by atoms with Crippen molar-refractivity contribution < 1.29 is 24.7 Å². The average Bonchev–Trinajstić information content (AvgIpc) is 2.90. The van der Waals surface area contributed by atoms with E-state index in [2.05, 4.69) is 4.99 Å². The number of carboxylic acid groups (broad SMARTS) is 1. The number of hydrogen-bond acceptors (Lipinski definition) is 7. The number of amidine groups is 1. The Hall–Kier alpha value is -3.66. The lowest BCUT2D eigenvalue weighted by Crippen LogP contribution is -2.23. The van der Waals surface area contributed by atoms with Crippen molar-refractivity contribution in [3.05, 3.63) is 68.6 Å². The van der Waals surface area contributed by atoms with Crippen LogP contribution in [0.25, 0.3) is 6.08 Å². The SMILES string of the molecule is CN1C(=O)/C(=C/c2ccccc2[N+](=O)[O-])SC1=Nc1ccc(C(=O)O)c(O)c1. The number of aromatic carboxylic acids is 1. The summed E-state index contributed by atoms with van der Waals surface area (Å²) in [6.07, 6.45) is 1.43. The van der Waals surface area contributed by atoms with Crippen LogP contribution in [0.5, 0.6) is 5.75 Å². The van der Waals surface area contributed by atoms with Gasteiger partial charge in [-0.3, -0.25) is 19.8 Å². The third-order valence-corrected chi connectivity index (χ3v) is 4.92. The Bertz CT molecular complexity index is 1060. The van der Waals surface area contributed by atoms with Gasteiger partial charge in [-0.1, -0.05) is 12.1 Å². The number of rotatable bonds is 4. The maximum absolute atomic E-state index is 12.5. The number of likely N-dealkylation sites (N-methyl/N-ethyl adjacent to an activating group) is 1. The summed E-state index contributed by atoms with van der Waals surface area (Å²) < 4.78 is 0. The fourth-order valence-electron chi connectivity index (χ4n) is 2.45. The molecular formula is C18H13N3O6S. The molecule has 2 aromatic carbocycles. The Balaban J connectivity index is 1.94. The van der Waals surface area contributed by atoms with Gasteiger partial charge in [0.2, 0.25) is 0 Å². The number of aromatic hydroxyl groups is 1. The number of amides is 1. The van der Waals surface area contributed by atoms with E-state index in [-0.39, 0.29) is 32.9 Å². The second kappa shape index (κ2) is 7.53. The molecule has 2 N–H and O–H groups in total. The normalized spacial score (nSPS) is 16.8. The van der Waals surface area contributed by atoms with Crippen molar-refractivity contribution in [2.24, 2.45) is 4.99 Å². The van der Waals surface area contributed by atoms with E-state index >= 15 is 0 Å². The van der Waals surface area contributed by atoms with E-state index in [4.69, 9.17) is 5.11 Å². The van der Waals surface area contributed by atoms with Crippen molar-refractivity contribution >= 4 is 46.3 Å². The van der Waals surface area contributed by atoms with Gasteiger partial charge in [0.25, 0.3) is 11.6 Å². The number of carbonyl (C=O) groups is 2. The Morgan fingerprint density at radius 2 is 2.00 bits per heavy atom. The number of nitrogens with zero attached hydrogens (tertiary/aromatic N) is 3. The first-order chi connectivity index (χ1) is 13.3. The molecule has 3 rings (SSSR count). The summed E-state index contributed by atoms with van der Waals surface area (Å²) in [5.74, 6) is -2.09. The topological polar surface area (TPSA) is 133 Å². The second-order valence-electron chi connectivity index (χ2n) is 5.69. The number of carbonyl (C=O) groups excluding carboxylic acids is 1. The Morgan fingerprint density at radius 3 is 2.64 bits per heavy atom. The molecule has 1 fully saturated rings. The highest BCUT2D eigenvalue weighted by atomic mass is 32.2. The number of nitro groups is 1. The monoisotopic (exact) mass is 399 g/mol. The van der Waals surface area contributed by atoms with Crippen LogP contribution in [0.2, 0.25) is 0 Å². The quantitative estimate of drug-likeness (QED) is 0.458. The molecule has 0 unspecified atom stereocenters. The Kier molecular flexibility index (Phi) is 5.14. The molecule has 1 aliphatic rings. The summed E-state index contributed by atoms with van der Waals surface area (Å²) in [5.41, 5.74) is 0.174. The maximum atomic E-state index is 12.5. The van der Waals surface area contributed by atoms with Crippen LogP contribution >= 0.6 is 11.8 Å². The molecule has 142 valence electrons. The molecule has 0 aliphatic carbocycles. The molecule has 0 spiro atoms. The van der Waals surface area contributed by atoms with Crippen LogP contribution in [-0.4, -0.2) is 44.1 Å². The van der Waals surface area contributed by atoms with Crippen molar-refractivity contribution in [2.75, 3.05) is 7.05 Å². The molecule has 0 saturated carbocycles. The number of para-hydroxylation sites is 1. The minimum absolute atomic E-state index is 0.120. The predicted molar refractivity (Wildman–Crippen MR) is 104 cm³/mol. The van der Waals surface area contributed by atoms with E-state index in [1.54, 1.807) is 6.07 Å². The van der Waals surface area contributed by atoms with Gasteiger partial charge in [0.15, 0.2) is 5.17 Å². The molecule has 9 nitrogen and oxygen atoms in total. The second-order valence-corrected chi connectivity index (χ2v) is 6.70. The van der Waals surface area contributed by atoms with E-state index in [1.807, 2.05) is 0 Å². The molecule has 0 radical (unpaired) electrons. The average molecular weight is 399 g/mol. The molecule has 10 heteroatoms. The van der Waals surface area contributed by atoms with Crippen LogP contribution in [-0.2, 0) is 4.79 Å². The first kappa shape index (κ1) is 19.1. The highest BCUT2D eigenvalue weighted by Gasteiger charge is 2.31. The molecule has 1 saturated heterocycles. The minimum Gasteiger partial charge on any atom is -0.507 e. The third-order valence-electron chi connectivity index (χ3n) is 3.86. The molecule has 0 atom stereocenters. The number of hydrogen-bond donors (Lipinski definition) is 2. The van der Waals surface area contributed by atoms with E-state index in [0.29, 0.717) is 5.56 Å². The number of aliphatic imine (C=N–C) groups is 1. The van der Waals surface area contributed by atoms with Gasteiger partial charge in [0.05, 0.1) is 21.1 Å². The van der Waals surface area contributed by atoms with Gasteiger partial charge in [-0.2, -0.15) is 0 Å². The largest absolute Gasteiger partial charge is 0.507 e. The zero-order chi connectivity index (χ0) is 20.4. The van der Waals surface area contributed by atoms with Crippen LogP contribution in [0.15, 0.2) is 52.4 Å². The fourth-order valence-corrected chi connectivity index (χ4v) is 3.43. The molecule has 1 amide bonds. The van der Waals surface area contributed by atoms with Crippen molar-refractivity contribution in [1.82, 2.24) is 4.90 Å². The summed E-state index contributed by atoms with van der Waals surface area (Å²) in [5, 5.41) is 30.1. The minimum atomic E-state index is -1.27. The van der Waals surface area contributed by atoms with E-state index in [9.17, 15) is 24.8 Å². The van der Waals surface area contributed by atoms with Crippen LogP contribution in [0.3, 0.4) is 0 Å². The summed E-state index contributed by atoms with van der Waals surface area (Å²) in [7, 11) is 1.50. The number of carboxylic acids is 1. The Morgan fingerprint density at radius 1 is 1.29 bits per heavy atom. The van der Waals surface area contributed by atoms with Gasteiger partial charge >= 0.3 is 5.97 Å². The third kappa shape index (κ3) is 3.71. The first-order valence-corrected chi connectivity index (χ1v) is 8.65. The molecule has 2 aromatic rings. The summed E-state index contributed by atoms with van der Waals surface area (Å²) in [6, 6.07) is 9.85.